The van der Waals surface area contributed by atoms with Gasteiger partial charge in [0.05, 0.1) is 13.2 Å². The Morgan fingerprint density at radius 1 is 1.26 bits per heavy atom. The van der Waals surface area contributed by atoms with Crippen LogP contribution in [-0.2, 0) is 18.2 Å². The molecule has 7 heteroatoms. The van der Waals surface area contributed by atoms with E-state index < -0.39 is 7.82 Å². The van der Waals surface area contributed by atoms with Crippen molar-refractivity contribution in [3.05, 3.63) is 35.9 Å². The van der Waals surface area contributed by atoms with Gasteiger partial charge >= 0.3 is 7.82 Å². The second-order valence-electron chi connectivity index (χ2n) is 3.28. The van der Waals surface area contributed by atoms with Crippen molar-refractivity contribution in [3.8, 4) is 6.07 Å². The zero-order chi connectivity index (χ0) is 14.1. The number of hydrogen-bond donors (Lipinski definition) is 0. The standard InChI is InChI=1S/C12H15N2O4P/c1-3-16-19(15,17-4-2)18-14-12(10-13)11-8-6-5-7-9-11/h5-9H,3-4H2,1-2H3/b14-12-. The van der Waals surface area contributed by atoms with E-state index in [-0.39, 0.29) is 18.9 Å². The van der Waals surface area contributed by atoms with Crippen molar-refractivity contribution in [2.45, 2.75) is 13.8 Å². The van der Waals surface area contributed by atoms with Crippen molar-refractivity contribution in [2.24, 2.45) is 5.16 Å². The monoisotopic (exact) mass is 282 g/mol. The van der Waals surface area contributed by atoms with Crippen LogP contribution in [0.3, 0.4) is 0 Å². The van der Waals surface area contributed by atoms with Crippen LogP contribution in [0.1, 0.15) is 19.4 Å². The quantitative estimate of drug-likeness (QED) is 0.436. The Hall–Kier alpha value is -1.67. The summed E-state index contributed by atoms with van der Waals surface area (Å²) in [5, 5.41) is 12.6. The maximum Gasteiger partial charge on any atom is 0.550 e. The highest BCUT2D eigenvalue weighted by atomic mass is 31.2. The van der Waals surface area contributed by atoms with Crippen molar-refractivity contribution in [3.63, 3.8) is 0 Å². The third kappa shape index (κ3) is 4.84. The first-order valence-corrected chi connectivity index (χ1v) is 7.22. The van der Waals surface area contributed by atoms with Gasteiger partial charge in [-0.3, -0.25) is 13.7 Å². The summed E-state index contributed by atoms with van der Waals surface area (Å²) in [6.45, 7) is 3.61. The number of rotatable bonds is 7. The van der Waals surface area contributed by atoms with Crippen molar-refractivity contribution in [1.82, 2.24) is 0 Å². The van der Waals surface area contributed by atoms with E-state index in [4.69, 9.17) is 18.9 Å². The summed E-state index contributed by atoms with van der Waals surface area (Å²) < 4.78 is 26.6. The van der Waals surface area contributed by atoms with Crippen molar-refractivity contribution in [1.29, 1.82) is 5.26 Å². The van der Waals surface area contributed by atoms with Crippen LogP contribution in [0.5, 0.6) is 0 Å². The number of phosphoric acid groups is 1. The van der Waals surface area contributed by atoms with Crippen LogP contribution < -0.4 is 0 Å². The molecule has 0 aromatic heterocycles. The van der Waals surface area contributed by atoms with Gasteiger partial charge in [0.2, 0.25) is 0 Å². The van der Waals surface area contributed by atoms with Crippen molar-refractivity contribution >= 4 is 13.5 Å². The van der Waals surface area contributed by atoms with Crippen LogP contribution in [0.2, 0.25) is 0 Å². The lowest BCUT2D eigenvalue weighted by molar-refractivity contribution is 0.125. The summed E-state index contributed by atoms with van der Waals surface area (Å²) in [5.74, 6) is 0. The van der Waals surface area contributed by atoms with Crippen LogP contribution in [-0.4, -0.2) is 18.9 Å². The predicted octanol–water partition coefficient (Wildman–Crippen LogP) is 3.11. The normalized spacial score (nSPS) is 11.9. The number of nitrogens with zero attached hydrogens (tertiary/aromatic N) is 2. The van der Waals surface area contributed by atoms with Gasteiger partial charge in [-0.1, -0.05) is 35.5 Å². The minimum Gasteiger partial charge on any atom is -0.291 e. The lowest BCUT2D eigenvalue weighted by Crippen LogP contribution is -2.01. The summed E-state index contributed by atoms with van der Waals surface area (Å²) in [6.07, 6.45) is 0. The van der Waals surface area contributed by atoms with E-state index >= 15 is 0 Å². The van der Waals surface area contributed by atoms with Crippen molar-refractivity contribution in [2.75, 3.05) is 13.2 Å². The molecule has 0 unspecified atom stereocenters. The largest absolute Gasteiger partial charge is 0.550 e. The molecule has 0 spiro atoms. The molecule has 1 rings (SSSR count). The minimum absolute atomic E-state index is 0.000214. The number of hydrogen-bond acceptors (Lipinski definition) is 6. The second-order valence-corrected chi connectivity index (χ2v) is 4.86. The molecule has 0 atom stereocenters. The second kappa shape index (κ2) is 7.70. The Balaban J connectivity index is 2.88. The first-order chi connectivity index (χ1) is 9.15. The highest BCUT2D eigenvalue weighted by Gasteiger charge is 2.27. The Kier molecular flexibility index (Phi) is 6.23. The lowest BCUT2D eigenvalue weighted by atomic mass is 10.1. The maximum absolute atomic E-state index is 12.0. The summed E-state index contributed by atoms with van der Waals surface area (Å²) in [4.78, 5) is 0. The fourth-order valence-corrected chi connectivity index (χ4v) is 2.21. The summed E-state index contributed by atoms with van der Waals surface area (Å²) in [6, 6.07) is 10.6. The minimum atomic E-state index is -3.75. The molecule has 0 heterocycles. The average molecular weight is 282 g/mol. The van der Waals surface area contributed by atoms with Gasteiger partial charge in [0.25, 0.3) is 0 Å². The first kappa shape index (κ1) is 15.4. The molecule has 0 saturated carbocycles. The molecule has 0 saturated heterocycles. The molecular weight excluding hydrogens is 267 g/mol. The van der Waals surface area contributed by atoms with E-state index in [1.54, 1.807) is 38.1 Å². The van der Waals surface area contributed by atoms with E-state index in [0.717, 1.165) is 0 Å². The topological polar surface area (TPSA) is 80.9 Å². The van der Waals surface area contributed by atoms with Crippen LogP contribution >= 0.6 is 7.82 Å². The van der Waals surface area contributed by atoms with Gasteiger partial charge < -0.3 is 0 Å². The molecule has 0 aliphatic rings. The average Bonchev–Trinajstić information content (AvgIpc) is 2.41. The Morgan fingerprint density at radius 2 is 1.84 bits per heavy atom. The van der Waals surface area contributed by atoms with E-state index in [1.807, 2.05) is 12.1 Å². The number of benzene rings is 1. The SMILES string of the molecule is CCOP(=O)(OCC)O/N=C(/C#N)c1ccccc1. The molecule has 0 amide bonds. The van der Waals surface area contributed by atoms with Gasteiger partial charge in [-0.25, -0.2) is 4.57 Å². The van der Waals surface area contributed by atoms with Gasteiger partial charge in [0, 0.05) is 5.56 Å². The molecule has 1 aromatic carbocycles. The smallest absolute Gasteiger partial charge is 0.291 e. The van der Waals surface area contributed by atoms with Crippen LogP contribution in [0.4, 0.5) is 0 Å². The Bertz CT molecular complexity index is 500. The molecule has 102 valence electrons. The molecular formula is C12H15N2O4P. The maximum atomic E-state index is 12.0. The molecule has 6 nitrogen and oxygen atoms in total. The third-order valence-corrected chi connectivity index (χ3v) is 3.39. The van der Waals surface area contributed by atoms with Gasteiger partial charge in [0.15, 0.2) is 5.71 Å². The fourth-order valence-electron chi connectivity index (χ4n) is 1.23. The van der Waals surface area contributed by atoms with Crippen LogP contribution in [0, 0.1) is 11.3 Å². The fraction of sp³-hybridized carbons (Fsp3) is 0.333. The van der Waals surface area contributed by atoms with Gasteiger partial charge in [-0.15, -0.1) is 0 Å². The zero-order valence-corrected chi connectivity index (χ0v) is 11.7. The highest BCUT2D eigenvalue weighted by Crippen LogP contribution is 2.49. The van der Waals surface area contributed by atoms with Crippen molar-refractivity contribution < 1.29 is 18.2 Å². The lowest BCUT2D eigenvalue weighted by Gasteiger charge is -2.12. The third-order valence-electron chi connectivity index (χ3n) is 1.96. The molecule has 0 aliphatic carbocycles. The van der Waals surface area contributed by atoms with E-state index in [0.29, 0.717) is 5.56 Å². The van der Waals surface area contributed by atoms with E-state index in [1.165, 1.54) is 0 Å². The molecule has 0 bridgehead atoms. The molecule has 0 aliphatic heterocycles. The van der Waals surface area contributed by atoms with Gasteiger partial charge in [-0.2, -0.15) is 5.26 Å². The predicted molar refractivity (Wildman–Crippen MR) is 70.5 cm³/mol. The van der Waals surface area contributed by atoms with Gasteiger partial charge in [-0.05, 0) is 13.8 Å². The van der Waals surface area contributed by atoms with E-state index in [2.05, 4.69) is 5.16 Å². The van der Waals surface area contributed by atoms with Gasteiger partial charge in [0.1, 0.15) is 6.07 Å². The Labute approximate surface area is 112 Å². The number of phosphoric ester groups is 1. The molecule has 0 fully saturated rings. The summed E-state index contributed by atoms with van der Waals surface area (Å²) in [7, 11) is -3.75. The molecule has 0 N–H and O–H groups in total. The number of nitriles is 1. The molecule has 1 aromatic rings. The first-order valence-electron chi connectivity index (χ1n) is 5.76. The highest BCUT2D eigenvalue weighted by molar-refractivity contribution is 7.48. The van der Waals surface area contributed by atoms with Crippen LogP contribution in [0.25, 0.3) is 0 Å². The molecule has 19 heavy (non-hydrogen) atoms. The van der Waals surface area contributed by atoms with Crippen LogP contribution in [0.15, 0.2) is 35.5 Å². The molecule has 0 radical (unpaired) electrons. The Morgan fingerprint density at radius 3 is 2.32 bits per heavy atom. The summed E-state index contributed by atoms with van der Waals surface area (Å²) >= 11 is 0. The van der Waals surface area contributed by atoms with E-state index in [9.17, 15) is 4.57 Å². The number of oxime groups is 1. The zero-order valence-electron chi connectivity index (χ0n) is 10.8. The summed E-state index contributed by atoms with van der Waals surface area (Å²) in [5.41, 5.74) is 0.560.